The summed E-state index contributed by atoms with van der Waals surface area (Å²) < 4.78 is 0. The Morgan fingerprint density at radius 3 is 2.76 bits per heavy atom. The number of hydrogen-bond acceptors (Lipinski definition) is 4. The molecule has 0 bridgehead atoms. The Labute approximate surface area is 129 Å². The highest BCUT2D eigenvalue weighted by Crippen LogP contribution is 2.25. The molecule has 1 aliphatic rings. The van der Waals surface area contributed by atoms with Gasteiger partial charge in [0.25, 0.3) is 0 Å². The van der Waals surface area contributed by atoms with Crippen LogP contribution in [0.2, 0.25) is 0 Å². The van der Waals surface area contributed by atoms with E-state index in [0.717, 1.165) is 37.2 Å². The molecule has 0 aliphatic carbocycles. The van der Waals surface area contributed by atoms with Gasteiger partial charge in [-0.2, -0.15) is 0 Å². The average Bonchev–Trinajstić information content (AvgIpc) is 2.40. The van der Waals surface area contributed by atoms with E-state index in [9.17, 15) is 0 Å². The summed E-state index contributed by atoms with van der Waals surface area (Å²) in [5.74, 6) is 2.39. The van der Waals surface area contributed by atoms with Crippen molar-refractivity contribution in [3.63, 3.8) is 0 Å². The molecule has 0 spiro atoms. The first-order valence-electron chi connectivity index (χ1n) is 8.27. The molecular weight excluding hydrogens is 260 g/mol. The lowest BCUT2D eigenvalue weighted by molar-refractivity contribution is 0.373. The zero-order valence-electron chi connectivity index (χ0n) is 14.2. The van der Waals surface area contributed by atoms with Crippen LogP contribution in [0.4, 0.5) is 5.95 Å². The molecule has 2 rings (SSSR count). The van der Waals surface area contributed by atoms with Gasteiger partial charge in [0, 0.05) is 36.6 Å². The predicted octanol–water partition coefficient (Wildman–Crippen LogP) is 3.16. The zero-order valence-corrected chi connectivity index (χ0v) is 14.2. The van der Waals surface area contributed by atoms with Crippen molar-refractivity contribution in [2.45, 2.75) is 60.0 Å². The van der Waals surface area contributed by atoms with Gasteiger partial charge in [0.15, 0.2) is 0 Å². The molecule has 4 heteroatoms. The lowest BCUT2D eigenvalue weighted by atomic mass is 9.94. The molecule has 1 saturated heterocycles. The van der Waals surface area contributed by atoms with Crippen LogP contribution in [-0.2, 0) is 6.54 Å². The number of rotatable bonds is 5. The number of aryl methyl sites for hydroxylation is 1. The van der Waals surface area contributed by atoms with E-state index < -0.39 is 0 Å². The van der Waals surface area contributed by atoms with E-state index in [4.69, 9.17) is 4.98 Å². The summed E-state index contributed by atoms with van der Waals surface area (Å²) in [6.45, 7) is 14.1. The van der Waals surface area contributed by atoms with E-state index >= 15 is 0 Å². The Hall–Kier alpha value is -1.16. The highest BCUT2D eigenvalue weighted by atomic mass is 15.3. The molecule has 0 radical (unpaired) electrons. The summed E-state index contributed by atoms with van der Waals surface area (Å²) in [6, 6.07) is 0.540. The molecule has 2 atom stereocenters. The third kappa shape index (κ3) is 4.40. The number of anilines is 1. The van der Waals surface area contributed by atoms with E-state index in [2.05, 4.69) is 49.8 Å². The van der Waals surface area contributed by atoms with Gasteiger partial charge in [0.05, 0.1) is 0 Å². The SMILES string of the molecule is Cc1nc(N2CCC(C)CC2C)ncc1CNCC(C)C. The Morgan fingerprint density at radius 2 is 2.14 bits per heavy atom. The second-order valence-corrected chi connectivity index (χ2v) is 6.98. The second kappa shape index (κ2) is 7.21. The Bertz CT molecular complexity index is 458. The zero-order chi connectivity index (χ0) is 15.4. The molecule has 0 amide bonds. The van der Waals surface area contributed by atoms with E-state index in [1.54, 1.807) is 0 Å². The molecule has 1 fully saturated rings. The third-order valence-electron chi connectivity index (χ3n) is 4.33. The van der Waals surface area contributed by atoms with Crippen molar-refractivity contribution in [1.29, 1.82) is 0 Å². The van der Waals surface area contributed by atoms with Crippen LogP contribution in [0.25, 0.3) is 0 Å². The maximum absolute atomic E-state index is 4.74. The van der Waals surface area contributed by atoms with Gasteiger partial charge in [-0.15, -0.1) is 0 Å². The lowest BCUT2D eigenvalue weighted by Gasteiger charge is -2.36. The fourth-order valence-corrected chi connectivity index (χ4v) is 2.99. The van der Waals surface area contributed by atoms with Crippen LogP contribution in [0.15, 0.2) is 6.20 Å². The van der Waals surface area contributed by atoms with Gasteiger partial charge in [0.1, 0.15) is 0 Å². The van der Waals surface area contributed by atoms with Gasteiger partial charge in [0.2, 0.25) is 5.95 Å². The summed E-state index contributed by atoms with van der Waals surface area (Å²) in [6.07, 6.45) is 4.47. The van der Waals surface area contributed by atoms with Gasteiger partial charge in [-0.25, -0.2) is 9.97 Å². The Morgan fingerprint density at radius 1 is 1.38 bits per heavy atom. The molecular formula is C17H30N4. The second-order valence-electron chi connectivity index (χ2n) is 6.98. The normalized spacial score (nSPS) is 22.9. The first-order valence-corrected chi connectivity index (χ1v) is 8.27. The van der Waals surface area contributed by atoms with Crippen LogP contribution in [0, 0.1) is 18.8 Å². The fraction of sp³-hybridized carbons (Fsp3) is 0.765. The number of aromatic nitrogens is 2. The first-order chi connectivity index (χ1) is 9.97. The first kappa shape index (κ1) is 16.2. The van der Waals surface area contributed by atoms with Gasteiger partial charge >= 0.3 is 0 Å². The minimum atomic E-state index is 0.540. The number of nitrogens with zero attached hydrogens (tertiary/aromatic N) is 3. The minimum absolute atomic E-state index is 0.540. The minimum Gasteiger partial charge on any atom is -0.338 e. The Balaban J connectivity index is 2.01. The van der Waals surface area contributed by atoms with Crippen LogP contribution in [0.5, 0.6) is 0 Å². The number of nitrogens with one attached hydrogen (secondary N) is 1. The van der Waals surface area contributed by atoms with Crippen molar-refractivity contribution >= 4 is 5.95 Å². The average molecular weight is 290 g/mol. The standard InChI is InChI=1S/C17H30N4/c1-12(2)9-18-10-16-11-19-17(20-15(16)5)21-7-6-13(3)8-14(21)4/h11-14,18H,6-10H2,1-5H3. The molecule has 4 nitrogen and oxygen atoms in total. The van der Waals surface area contributed by atoms with Crippen molar-refractivity contribution in [1.82, 2.24) is 15.3 Å². The lowest BCUT2D eigenvalue weighted by Crippen LogP contribution is -2.41. The predicted molar refractivity (Wildman–Crippen MR) is 88.5 cm³/mol. The fourth-order valence-electron chi connectivity index (χ4n) is 2.99. The van der Waals surface area contributed by atoms with Gasteiger partial charge in [-0.1, -0.05) is 20.8 Å². The number of piperidine rings is 1. The van der Waals surface area contributed by atoms with Crippen molar-refractivity contribution in [2.24, 2.45) is 11.8 Å². The molecule has 1 aromatic rings. The molecule has 2 heterocycles. The largest absolute Gasteiger partial charge is 0.338 e. The molecule has 2 unspecified atom stereocenters. The van der Waals surface area contributed by atoms with E-state index in [1.165, 1.54) is 18.4 Å². The number of hydrogen-bond donors (Lipinski definition) is 1. The summed E-state index contributed by atoms with van der Waals surface area (Å²) in [5.41, 5.74) is 2.31. The van der Waals surface area contributed by atoms with Gasteiger partial charge in [-0.05, 0) is 45.1 Å². The van der Waals surface area contributed by atoms with Crippen LogP contribution in [0.1, 0.15) is 51.8 Å². The Kier molecular flexibility index (Phi) is 5.57. The van der Waals surface area contributed by atoms with Gasteiger partial charge < -0.3 is 10.2 Å². The van der Waals surface area contributed by atoms with Crippen LogP contribution < -0.4 is 10.2 Å². The van der Waals surface area contributed by atoms with E-state index in [-0.39, 0.29) is 0 Å². The molecule has 0 saturated carbocycles. The topological polar surface area (TPSA) is 41.1 Å². The molecule has 1 N–H and O–H groups in total. The highest BCUT2D eigenvalue weighted by molar-refractivity contribution is 5.35. The van der Waals surface area contributed by atoms with Crippen molar-refractivity contribution in [3.05, 3.63) is 17.5 Å². The summed E-state index contributed by atoms with van der Waals surface area (Å²) >= 11 is 0. The van der Waals surface area contributed by atoms with Crippen molar-refractivity contribution < 1.29 is 0 Å². The molecule has 1 aromatic heterocycles. The molecule has 0 aromatic carbocycles. The van der Waals surface area contributed by atoms with Crippen LogP contribution in [0.3, 0.4) is 0 Å². The van der Waals surface area contributed by atoms with E-state index in [0.29, 0.717) is 12.0 Å². The summed E-state index contributed by atoms with van der Waals surface area (Å²) in [4.78, 5) is 11.7. The monoisotopic (exact) mass is 290 g/mol. The van der Waals surface area contributed by atoms with E-state index in [1.807, 2.05) is 6.20 Å². The summed E-state index contributed by atoms with van der Waals surface area (Å²) in [5, 5.41) is 3.46. The molecule has 21 heavy (non-hydrogen) atoms. The van der Waals surface area contributed by atoms with Crippen LogP contribution >= 0.6 is 0 Å². The highest BCUT2D eigenvalue weighted by Gasteiger charge is 2.24. The summed E-state index contributed by atoms with van der Waals surface area (Å²) in [7, 11) is 0. The molecule has 118 valence electrons. The van der Waals surface area contributed by atoms with Crippen LogP contribution in [-0.4, -0.2) is 29.1 Å². The third-order valence-corrected chi connectivity index (χ3v) is 4.33. The van der Waals surface area contributed by atoms with Gasteiger partial charge in [-0.3, -0.25) is 0 Å². The van der Waals surface area contributed by atoms with Crippen molar-refractivity contribution in [3.8, 4) is 0 Å². The quantitative estimate of drug-likeness (QED) is 0.904. The maximum atomic E-state index is 4.74. The molecule has 1 aliphatic heterocycles. The van der Waals surface area contributed by atoms with Crippen molar-refractivity contribution in [2.75, 3.05) is 18.0 Å². The smallest absolute Gasteiger partial charge is 0.225 e. The maximum Gasteiger partial charge on any atom is 0.225 e.